The third-order valence-electron chi connectivity index (χ3n) is 5.60. The molecule has 1 atom stereocenters. The minimum Gasteiger partial charge on any atom is -0.303 e. The molecule has 0 bridgehead atoms. The van der Waals surface area contributed by atoms with E-state index in [0.29, 0.717) is 10.8 Å². The lowest BCUT2D eigenvalue weighted by Crippen LogP contribution is -2.38. The van der Waals surface area contributed by atoms with Crippen LogP contribution in [0.25, 0.3) is 0 Å². The highest BCUT2D eigenvalue weighted by molar-refractivity contribution is 7.80. The molecule has 0 aromatic carbocycles. The Labute approximate surface area is 125 Å². The molecule has 0 amide bonds. The first-order valence-corrected chi connectivity index (χ1v) is 8.92. The lowest BCUT2D eigenvalue weighted by Gasteiger charge is -2.34. The van der Waals surface area contributed by atoms with Gasteiger partial charge in [-0.2, -0.15) is 12.6 Å². The highest BCUT2D eigenvalue weighted by Crippen LogP contribution is 2.41. The van der Waals surface area contributed by atoms with Gasteiger partial charge in [0.05, 0.1) is 0 Å². The molecule has 1 saturated carbocycles. The average molecular weight is 284 g/mol. The molecule has 2 fully saturated rings. The number of nitrogens with zero attached hydrogens (tertiary/aromatic N) is 1. The summed E-state index contributed by atoms with van der Waals surface area (Å²) < 4.78 is 0. The van der Waals surface area contributed by atoms with E-state index in [4.69, 9.17) is 0 Å². The zero-order valence-corrected chi connectivity index (χ0v) is 14.1. The van der Waals surface area contributed by atoms with Gasteiger partial charge in [-0.3, -0.25) is 0 Å². The SMILES string of the molecule is CC(C)(C)C1CCCN(CC2(CS)CCCC2)CC1. The van der Waals surface area contributed by atoms with Crippen LogP contribution >= 0.6 is 12.6 Å². The number of thiol groups is 1. The van der Waals surface area contributed by atoms with Crippen molar-refractivity contribution < 1.29 is 0 Å². The zero-order chi connectivity index (χ0) is 13.9. The van der Waals surface area contributed by atoms with E-state index in [1.165, 1.54) is 64.6 Å². The first kappa shape index (κ1) is 15.7. The number of hydrogen-bond donors (Lipinski definition) is 1. The summed E-state index contributed by atoms with van der Waals surface area (Å²) in [5.41, 5.74) is 1.04. The van der Waals surface area contributed by atoms with Gasteiger partial charge in [-0.1, -0.05) is 33.6 Å². The van der Waals surface area contributed by atoms with Crippen molar-refractivity contribution in [3.8, 4) is 0 Å². The molecule has 1 unspecified atom stereocenters. The van der Waals surface area contributed by atoms with E-state index in [1.807, 2.05) is 0 Å². The monoisotopic (exact) mass is 283 g/mol. The van der Waals surface area contributed by atoms with Crippen molar-refractivity contribution in [2.24, 2.45) is 16.7 Å². The predicted molar refractivity (Wildman–Crippen MR) is 88.0 cm³/mol. The van der Waals surface area contributed by atoms with Gasteiger partial charge in [0.1, 0.15) is 0 Å². The van der Waals surface area contributed by atoms with Crippen LogP contribution in [0.3, 0.4) is 0 Å². The van der Waals surface area contributed by atoms with Crippen molar-refractivity contribution in [2.45, 2.75) is 65.7 Å². The van der Waals surface area contributed by atoms with E-state index in [0.717, 1.165) is 11.7 Å². The second kappa shape index (κ2) is 6.39. The van der Waals surface area contributed by atoms with Crippen molar-refractivity contribution in [2.75, 3.05) is 25.4 Å². The third-order valence-corrected chi connectivity index (χ3v) is 6.27. The van der Waals surface area contributed by atoms with Gasteiger partial charge in [0, 0.05) is 6.54 Å². The topological polar surface area (TPSA) is 3.24 Å². The fraction of sp³-hybridized carbons (Fsp3) is 1.00. The Kier molecular flexibility index (Phi) is 5.28. The van der Waals surface area contributed by atoms with E-state index >= 15 is 0 Å². The molecule has 1 aliphatic heterocycles. The Morgan fingerprint density at radius 3 is 2.32 bits per heavy atom. The van der Waals surface area contributed by atoms with Crippen molar-refractivity contribution in [3.05, 3.63) is 0 Å². The van der Waals surface area contributed by atoms with Crippen LogP contribution in [0.4, 0.5) is 0 Å². The lowest BCUT2D eigenvalue weighted by atomic mass is 9.77. The summed E-state index contributed by atoms with van der Waals surface area (Å²) in [5.74, 6) is 2.00. The fourth-order valence-corrected chi connectivity index (χ4v) is 4.56. The Morgan fingerprint density at radius 1 is 1.05 bits per heavy atom. The van der Waals surface area contributed by atoms with Gasteiger partial charge in [0.25, 0.3) is 0 Å². The molecule has 19 heavy (non-hydrogen) atoms. The molecule has 2 aliphatic rings. The maximum absolute atomic E-state index is 4.66. The molecule has 0 radical (unpaired) electrons. The minimum atomic E-state index is 0.491. The quantitative estimate of drug-likeness (QED) is 0.739. The number of likely N-dealkylation sites (tertiary alicyclic amines) is 1. The van der Waals surface area contributed by atoms with Gasteiger partial charge in [0.2, 0.25) is 0 Å². The lowest BCUT2D eigenvalue weighted by molar-refractivity contribution is 0.165. The van der Waals surface area contributed by atoms with E-state index in [2.05, 4.69) is 38.3 Å². The first-order valence-electron chi connectivity index (χ1n) is 8.28. The zero-order valence-electron chi connectivity index (χ0n) is 13.2. The van der Waals surface area contributed by atoms with Crippen LogP contribution in [0.2, 0.25) is 0 Å². The third kappa shape index (κ3) is 4.14. The Hall–Kier alpha value is 0.310. The van der Waals surface area contributed by atoms with E-state index in [1.54, 1.807) is 0 Å². The van der Waals surface area contributed by atoms with Crippen LogP contribution in [0.5, 0.6) is 0 Å². The molecule has 1 nitrogen and oxygen atoms in total. The summed E-state index contributed by atoms with van der Waals surface area (Å²) in [6, 6.07) is 0. The van der Waals surface area contributed by atoms with E-state index in [9.17, 15) is 0 Å². The average Bonchev–Trinajstić information content (AvgIpc) is 2.67. The molecule has 2 heteroatoms. The molecule has 2 rings (SSSR count). The molecule has 0 aromatic rings. The second-order valence-corrected chi connectivity index (χ2v) is 8.45. The summed E-state index contributed by atoms with van der Waals surface area (Å²) in [6.45, 7) is 11.2. The normalized spacial score (nSPS) is 29.4. The Morgan fingerprint density at radius 2 is 1.74 bits per heavy atom. The van der Waals surface area contributed by atoms with Crippen LogP contribution in [-0.2, 0) is 0 Å². The van der Waals surface area contributed by atoms with Gasteiger partial charge in [-0.25, -0.2) is 0 Å². The summed E-state index contributed by atoms with van der Waals surface area (Å²) in [5, 5.41) is 0. The van der Waals surface area contributed by atoms with Gasteiger partial charge in [-0.05, 0) is 67.7 Å². The molecule has 112 valence electrons. The highest BCUT2D eigenvalue weighted by Gasteiger charge is 2.35. The summed E-state index contributed by atoms with van der Waals surface area (Å²) in [6.07, 6.45) is 9.90. The van der Waals surface area contributed by atoms with Gasteiger partial charge in [-0.15, -0.1) is 0 Å². The number of hydrogen-bond acceptors (Lipinski definition) is 2. The van der Waals surface area contributed by atoms with Crippen molar-refractivity contribution in [3.63, 3.8) is 0 Å². The van der Waals surface area contributed by atoms with Gasteiger partial charge < -0.3 is 4.90 Å². The highest BCUT2D eigenvalue weighted by atomic mass is 32.1. The maximum atomic E-state index is 4.66. The summed E-state index contributed by atoms with van der Waals surface area (Å²) in [4.78, 5) is 2.76. The summed E-state index contributed by atoms with van der Waals surface area (Å²) in [7, 11) is 0. The molecular weight excluding hydrogens is 250 g/mol. The van der Waals surface area contributed by atoms with Crippen LogP contribution in [0.1, 0.15) is 65.7 Å². The standard InChI is InChI=1S/C17H33NS/c1-16(2,3)15-7-6-11-18(12-8-15)13-17(14-19)9-4-5-10-17/h15,19H,4-14H2,1-3H3. The smallest absolute Gasteiger partial charge is 0.00458 e. The van der Waals surface area contributed by atoms with Crippen LogP contribution in [0, 0.1) is 16.7 Å². The molecule has 0 N–H and O–H groups in total. The number of rotatable bonds is 3. The minimum absolute atomic E-state index is 0.491. The largest absolute Gasteiger partial charge is 0.303 e. The molecule has 0 spiro atoms. The van der Waals surface area contributed by atoms with Crippen LogP contribution in [0.15, 0.2) is 0 Å². The van der Waals surface area contributed by atoms with E-state index < -0.39 is 0 Å². The van der Waals surface area contributed by atoms with Crippen LogP contribution in [-0.4, -0.2) is 30.3 Å². The first-order chi connectivity index (χ1) is 8.95. The van der Waals surface area contributed by atoms with Gasteiger partial charge in [0.15, 0.2) is 0 Å². The van der Waals surface area contributed by atoms with Gasteiger partial charge >= 0.3 is 0 Å². The molecule has 1 aliphatic carbocycles. The molecule has 0 aromatic heterocycles. The Bertz CT molecular complexity index is 275. The molecular formula is C17H33NS. The van der Waals surface area contributed by atoms with E-state index in [-0.39, 0.29) is 0 Å². The molecule has 1 heterocycles. The van der Waals surface area contributed by atoms with Crippen LogP contribution < -0.4 is 0 Å². The second-order valence-electron chi connectivity index (χ2n) is 8.14. The Balaban J connectivity index is 1.89. The summed E-state index contributed by atoms with van der Waals surface area (Å²) >= 11 is 4.66. The van der Waals surface area contributed by atoms with Crippen molar-refractivity contribution in [1.82, 2.24) is 4.90 Å². The predicted octanol–water partition coefficient (Wildman–Crippen LogP) is 4.62. The molecule has 1 saturated heterocycles. The van der Waals surface area contributed by atoms with Crippen molar-refractivity contribution >= 4 is 12.6 Å². The maximum Gasteiger partial charge on any atom is 0.00458 e. The van der Waals surface area contributed by atoms with Crippen molar-refractivity contribution in [1.29, 1.82) is 0 Å². The fourth-order valence-electron chi connectivity index (χ4n) is 4.15.